The Labute approximate surface area is 80.9 Å². The molecular formula is C10H12F3N. The molecule has 1 aromatic rings. The Morgan fingerprint density at radius 2 is 2.07 bits per heavy atom. The van der Waals surface area contributed by atoms with Crippen LogP contribution in [0, 0.1) is 5.82 Å². The lowest BCUT2D eigenvalue weighted by molar-refractivity contribution is 0.146. The predicted octanol–water partition coefficient (Wildman–Crippen LogP) is 2.53. The summed E-state index contributed by atoms with van der Waals surface area (Å²) in [4.78, 5) is 0. The van der Waals surface area contributed by atoms with Crippen molar-refractivity contribution in [2.24, 2.45) is 0 Å². The van der Waals surface area contributed by atoms with Gasteiger partial charge in [0.1, 0.15) is 5.82 Å². The third-order valence-electron chi connectivity index (χ3n) is 1.96. The van der Waals surface area contributed by atoms with E-state index in [0.29, 0.717) is 13.0 Å². The third kappa shape index (κ3) is 2.73. The molecule has 0 fully saturated rings. The Hall–Kier alpha value is -1.03. The number of likely N-dealkylation sites (N-methyl/N-ethyl adjacent to an activating group) is 1. The molecule has 1 aromatic carbocycles. The van der Waals surface area contributed by atoms with Crippen LogP contribution in [0.15, 0.2) is 18.2 Å². The molecule has 1 rings (SSSR count). The highest BCUT2D eigenvalue weighted by molar-refractivity contribution is 5.25. The summed E-state index contributed by atoms with van der Waals surface area (Å²) < 4.78 is 37.3. The van der Waals surface area contributed by atoms with E-state index in [1.54, 1.807) is 7.05 Å². The zero-order chi connectivity index (χ0) is 10.6. The molecule has 0 unspecified atom stereocenters. The molecule has 0 saturated carbocycles. The first-order valence-corrected chi connectivity index (χ1v) is 4.36. The molecule has 0 saturated heterocycles. The van der Waals surface area contributed by atoms with Crippen LogP contribution in [0.5, 0.6) is 0 Å². The molecule has 0 aliphatic heterocycles. The van der Waals surface area contributed by atoms with Crippen LogP contribution in [0.1, 0.15) is 17.6 Å². The van der Waals surface area contributed by atoms with Crippen molar-refractivity contribution in [1.82, 2.24) is 5.32 Å². The molecule has 78 valence electrons. The van der Waals surface area contributed by atoms with Crippen molar-refractivity contribution in [1.29, 1.82) is 0 Å². The lowest BCUT2D eigenvalue weighted by Gasteiger charge is -2.05. The maximum atomic E-state index is 13.0. The Morgan fingerprint density at radius 3 is 2.57 bits per heavy atom. The summed E-state index contributed by atoms with van der Waals surface area (Å²) in [5, 5.41) is 2.90. The van der Waals surface area contributed by atoms with E-state index in [1.807, 2.05) is 0 Å². The maximum Gasteiger partial charge on any atom is 0.266 e. The standard InChI is InChI=1S/C10H12F3N/c1-14-5-4-7-2-3-8(10(12)13)9(11)6-7/h2-3,6,10,14H,4-5H2,1H3. The highest BCUT2D eigenvalue weighted by Crippen LogP contribution is 2.22. The number of benzene rings is 1. The van der Waals surface area contributed by atoms with Crippen molar-refractivity contribution in [3.8, 4) is 0 Å². The van der Waals surface area contributed by atoms with Crippen molar-refractivity contribution in [3.05, 3.63) is 35.1 Å². The van der Waals surface area contributed by atoms with Crippen molar-refractivity contribution >= 4 is 0 Å². The monoisotopic (exact) mass is 203 g/mol. The molecule has 0 amide bonds. The van der Waals surface area contributed by atoms with Crippen molar-refractivity contribution < 1.29 is 13.2 Å². The molecule has 0 aliphatic carbocycles. The number of nitrogens with one attached hydrogen (secondary N) is 1. The molecular weight excluding hydrogens is 191 g/mol. The number of halogens is 3. The number of hydrogen-bond donors (Lipinski definition) is 1. The van der Waals surface area contributed by atoms with Crippen molar-refractivity contribution in [3.63, 3.8) is 0 Å². The van der Waals surface area contributed by atoms with Gasteiger partial charge in [0.25, 0.3) is 6.43 Å². The van der Waals surface area contributed by atoms with E-state index in [1.165, 1.54) is 12.1 Å². The van der Waals surface area contributed by atoms with Crippen molar-refractivity contribution in [2.45, 2.75) is 12.8 Å². The predicted molar refractivity (Wildman–Crippen MR) is 49.0 cm³/mol. The van der Waals surface area contributed by atoms with E-state index >= 15 is 0 Å². The van der Waals surface area contributed by atoms with Crippen LogP contribution in [0.25, 0.3) is 0 Å². The molecule has 0 radical (unpaired) electrons. The van der Waals surface area contributed by atoms with Gasteiger partial charge in [-0.15, -0.1) is 0 Å². The molecule has 0 aliphatic rings. The second-order valence-corrected chi connectivity index (χ2v) is 3.01. The summed E-state index contributed by atoms with van der Waals surface area (Å²) in [7, 11) is 1.78. The quantitative estimate of drug-likeness (QED) is 0.792. The SMILES string of the molecule is CNCCc1ccc(C(F)F)c(F)c1. The molecule has 1 N–H and O–H groups in total. The number of hydrogen-bond acceptors (Lipinski definition) is 1. The Bertz CT molecular complexity index is 299. The summed E-state index contributed by atoms with van der Waals surface area (Å²) in [5.41, 5.74) is 0.194. The van der Waals surface area contributed by atoms with Crippen LogP contribution in [-0.4, -0.2) is 13.6 Å². The van der Waals surface area contributed by atoms with Gasteiger partial charge in [-0.1, -0.05) is 12.1 Å². The molecule has 0 aromatic heterocycles. The smallest absolute Gasteiger partial charge is 0.266 e. The van der Waals surface area contributed by atoms with Crippen LogP contribution in [0.2, 0.25) is 0 Å². The molecule has 0 heterocycles. The van der Waals surface area contributed by atoms with Crippen LogP contribution >= 0.6 is 0 Å². The van der Waals surface area contributed by atoms with Gasteiger partial charge in [-0.05, 0) is 31.6 Å². The fraction of sp³-hybridized carbons (Fsp3) is 0.400. The first kappa shape index (κ1) is 11.0. The van der Waals surface area contributed by atoms with E-state index in [9.17, 15) is 13.2 Å². The third-order valence-corrected chi connectivity index (χ3v) is 1.96. The molecule has 1 nitrogen and oxygen atoms in total. The number of alkyl halides is 2. The van der Waals surface area contributed by atoms with Gasteiger partial charge in [0.15, 0.2) is 0 Å². The van der Waals surface area contributed by atoms with Crippen LogP contribution in [-0.2, 0) is 6.42 Å². The fourth-order valence-electron chi connectivity index (χ4n) is 1.17. The maximum absolute atomic E-state index is 13.0. The van der Waals surface area contributed by atoms with Crippen LogP contribution < -0.4 is 5.32 Å². The van der Waals surface area contributed by atoms with E-state index in [-0.39, 0.29) is 0 Å². The first-order valence-electron chi connectivity index (χ1n) is 4.36. The second kappa shape index (κ2) is 5.00. The summed E-state index contributed by atoms with van der Waals surface area (Å²) in [6.07, 6.45) is -2.11. The Kier molecular flexibility index (Phi) is 3.95. The molecule has 0 atom stereocenters. The summed E-state index contributed by atoms with van der Waals surface area (Å²) in [5.74, 6) is -0.825. The first-order chi connectivity index (χ1) is 6.65. The van der Waals surface area contributed by atoms with E-state index < -0.39 is 17.8 Å². The van der Waals surface area contributed by atoms with Gasteiger partial charge in [-0.3, -0.25) is 0 Å². The topological polar surface area (TPSA) is 12.0 Å². The molecule has 0 spiro atoms. The van der Waals surface area contributed by atoms with Gasteiger partial charge < -0.3 is 5.32 Å². The van der Waals surface area contributed by atoms with Crippen LogP contribution in [0.3, 0.4) is 0 Å². The minimum Gasteiger partial charge on any atom is -0.319 e. The molecule has 0 bridgehead atoms. The van der Waals surface area contributed by atoms with Gasteiger partial charge in [-0.2, -0.15) is 0 Å². The summed E-state index contributed by atoms with van der Waals surface area (Å²) in [6.45, 7) is 0.702. The largest absolute Gasteiger partial charge is 0.319 e. The zero-order valence-corrected chi connectivity index (χ0v) is 7.86. The van der Waals surface area contributed by atoms with Gasteiger partial charge in [0.05, 0.1) is 5.56 Å². The van der Waals surface area contributed by atoms with Gasteiger partial charge in [0, 0.05) is 0 Å². The highest BCUT2D eigenvalue weighted by Gasteiger charge is 2.12. The second-order valence-electron chi connectivity index (χ2n) is 3.01. The van der Waals surface area contributed by atoms with Crippen LogP contribution in [0.4, 0.5) is 13.2 Å². The summed E-state index contributed by atoms with van der Waals surface area (Å²) in [6, 6.07) is 3.84. The van der Waals surface area contributed by atoms with Crippen molar-refractivity contribution in [2.75, 3.05) is 13.6 Å². The van der Waals surface area contributed by atoms with E-state index in [4.69, 9.17) is 0 Å². The average Bonchev–Trinajstić information content (AvgIpc) is 2.14. The minimum atomic E-state index is -2.74. The van der Waals surface area contributed by atoms with E-state index in [2.05, 4.69) is 5.32 Å². The normalized spacial score (nSPS) is 10.9. The molecule has 14 heavy (non-hydrogen) atoms. The minimum absolute atomic E-state index is 0.529. The lowest BCUT2D eigenvalue weighted by Crippen LogP contribution is -2.10. The Morgan fingerprint density at radius 1 is 1.36 bits per heavy atom. The van der Waals surface area contributed by atoms with Gasteiger partial charge >= 0.3 is 0 Å². The highest BCUT2D eigenvalue weighted by atomic mass is 19.3. The Balaban J connectivity index is 2.78. The number of rotatable bonds is 4. The zero-order valence-electron chi connectivity index (χ0n) is 7.86. The van der Waals surface area contributed by atoms with Gasteiger partial charge in [0.2, 0.25) is 0 Å². The summed E-state index contributed by atoms with van der Waals surface area (Å²) >= 11 is 0. The fourth-order valence-corrected chi connectivity index (χ4v) is 1.17. The average molecular weight is 203 g/mol. The lowest BCUT2D eigenvalue weighted by atomic mass is 10.1. The molecule has 4 heteroatoms. The van der Waals surface area contributed by atoms with Gasteiger partial charge in [-0.25, -0.2) is 13.2 Å². The van der Waals surface area contributed by atoms with E-state index in [0.717, 1.165) is 11.6 Å².